The summed E-state index contributed by atoms with van der Waals surface area (Å²) in [5.74, 6) is 17.2. The minimum absolute atomic E-state index is 0. The van der Waals surface area contributed by atoms with Crippen LogP contribution in [0.4, 0.5) is 0 Å². The molecule has 0 spiro atoms. The molecule has 768 valence electrons. The Hall–Kier alpha value is -5.98. The highest BCUT2D eigenvalue weighted by molar-refractivity contribution is 5.34. The summed E-state index contributed by atoms with van der Waals surface area (Å²) in [6.45, 7) is 42.0. The number of rotatable bonds is 26. The monoisotopic (exact) mass is 1840 g/mol. The van der Waals surface area contributed by atoms with E-state index in [2.05, 4.69) is 288 Å². The van der Waals surface area contributed by atoms with Crippen LogP contribution in [0.15, 0.2) is 219 Å². The molecule has 10 fully saturated rings. The highest BCUT2D eigenvalue weighted by Crippen LogP contribution is 2.48. The maximum atomic E-state index is 2.47. The van der Waals surface area contributed by atoms with E-state index >= 15 is 0 Å². The lowest BCUT2D eigenvalue weighted by atomic mass is 9.75. The molecule has 15 rings (SSSR count). The predicted molar refractivity (Wildman–Crippen MR) is 624 cm³/mol. The van der Waals surface area contributed by atoms with E-state index in [0.29, 0.717) is 0 Å². The Balaban J connectivity index is -0.000000538. The van der Waals surface area contributed by atoms with Crippen LogP contribution in [0.1, 0.15) is 576 Å². The van der Waals surface area contributed by atoms with Crippen molar-refractivity contribution in [2.75, 3.05) is 0 Å². The SMILES string of the molecule is C/C=C/C1CCC(c2ccc(C3CCC(/C=C/C)CC3)cc2)CC1.C/C=C/C1CCC(c2ccc(C3CCC(C)CC3)cc2)CC1.C/C=C/CCC1CCC(c2ccc(C3CCC(/C=C/C)CC3)cc2)CC1.C/C=C/CCC1CCC(c2ccc(C3CCC(C)CC3)cc2)CC1.C/C=C/CCC1CCC(c2ccc(C3CCC(CC/C=C/C)CC3)cc2)CC1.CC.CC.CC.CC.CC.[HH].[HH].[HH].[HH].[HH].[HH].[HH].[HH].[HH].[HH]. The van der Waals surface area contributed by atoms with Crippen LogP contribution in [0.3, 0.4) is 0 Å². The van der Waals surface area contributed by atoms with Gasteiger partial charge in [0.2, 0.25) is 0 Å². The summed E-state index contributed by atoms with van der Waals surface area (Å²) < 4.78 is 0. The fourth-order valence-electron chi connectivity index (χ4n) is 25.2. The van der Waals surface area contributed by atoms with Gasteiger partial charge >= 0.3 is 0 Å². The molecular formula is C134H232. The van der Waals surface area contributed by atoms with E-state index in [1.807, 2.05) is 69.2 Å². The lowest BCUT2D eigenvalue weighted by Gasteiger charge is -2.30. The quantitative estimate of drug-likeness (QED) is 0.0484. The van der Waals surface area contributed by atoms with Gasteiger partial charge in [-0.05, 0) is 512 Å². The number of hydrogen-bond acceptors (Lipinski definition) is 0. The molecule has 10 saturated carbocycles. The topological polar surface area (TPSA) is 0 Å². The van der Waals surface area contributed by atoms with Crippen LogP contribution < -0.4 is 0 Å². The minimum Gasteiger partial charge on any atom is -0.0917 e. The Kier molecular flexibility index (Phi) is 62.2. The van der Waals surface area contributed by atoms with E-state index in [1.165, 1.54) is 308 Å². The molecule has 0 radical (unpaired) electrons. The summed E-state index contributed by atoms with van der Waals surface area (Å²) in [6, 6.07) is 49.0. The molecule has 0 aliphatic heterocycles. The molecule has 0 amide bonds. The summed E-state index contributed by atoms with van der Waals surface area (Å²) >= 11 is 0. The summed E-state index contributed by atoms with van der Waals surface area (Å²) in [6.07, 6.45) is 103. The Bertz CT molecular complexity index is 3780. The average Bonchev–Trinajstić information content (AvgIpc) is 0.851. The molecule has 0 heterocycles. The van der Waals surface area contributed by atoms with Crippen molar-refractivity contribution in [3.8, 4) is 0 Å². The number of allylic oxidation sites excluding steroid dienone is 16. The molecule has 0 nitrogen and oxygen atoms in total. The molecule has 0 saturated heterocycles. The zero-order valence-electron chi connectivity index (χ0n) is 91.3. The van der Waals surface area contributed by atoms with Crippen molar-refractivity contribution in [2.24, 2.45) is 59.2 Å². The van der Waals surface area contributed by atoms with Gasteiger partial charge in [0.1, 0.15) is 0 Å². The van der Waals surface area contributed by atoms with Crippen molar-refractivity contribution < 1.29 is 14.3 Å². The first-order chi connectivity index (χ1) is 65.9. The van der Waals surface area contributed by atoms with Gasteiger partial charge in [-0.3, -0.25) is 0 Å². The molecule has 0 unspecified atom stereocenters. The zero-order valence-corrected chi connectivity index (χ0v) is 91.3. The molecule has 10 aliphatic carbocycles. The normalized spacial score (nSPS) is 28.9. The molecule has 0 atom stereocenters. The summed E-state index contributed by atoms with van der Waals surface area (Å²) in [7, 11) is 0. The molecule has 0 bridgehead atoms. The zero-order chi connectivity index (χ0) is 96.7. The Morgan fingerprint density at radius 2 is 0.291 bits per heavy atom. The van der Waals surface area contributed by atoms with Crippen LogP contribution in [0, 0.1) is 59.2 Å². The number of benzene rings is 5. The summed E-state index contributed by atoms with van der Waals surface area (Å²) in [5, 5.41) is 0. The molecule has 5 aromatic rings. The third-order valence-corrected chi connectivity index (χ3v) is 33.7. The highest BCUT2D eigenvalue weighted by atomic mass is 14.4. The number of hydrogen-bond donors (Lipinski definition) is 0. The Morgan fingerprint density at radius 3 is 0.410 bits per heavy atom. The Morgan fingerprint density at radius 1 is 0.172 bits per heavy atom. The van der Waals surface area contributed by atoms with Gasteiger partial charge in [0, 0.05) is 14.3 Å². The molecule has 0 N–H and O–H groups in total. The van der Waals surface area contributed by atoms with Crippen LogP contribution >= 0.6 is 0 Å². The van der Waals surface area contributed by atoms with Gasteiger partial charge in [0.05, 0.1) is 0 Å². The van der Waals surface area contributed by atoms with E-state index in [9.17, 15) is 0 Å². The lowest BCUT2D eigenvalue weighted by Crippen LogP contribution is -2.14. The second kappa shape index (κ2) is 71.5. The summed E-state index contributed by atoms with van der Waals surface area (Å²) in [4.78, 5) is 0. The summed E-state index contributed by atoms with van der Waals surface area (Å²) in [5.41, 5.74) is 16.0. The van der Waals surface area contributed by atoms with Crippen molar-refractivity contribution in [3.05, 3.63) is 274 Å². The van der Waals surface area contributed by atoms with Gasteiger partial charge in [0.25, 0.3) is 0 Å². The van der Waals surface area contributed by atoms with Gasteiger partial charge in [-0.25, -0.2) is 0 Å². The molecule has 5 aromatic carbocycles. The lowest BCUT2D eigenvalue weighted by molar-refractivity contribution is 0.310. The first kappa shape index (κ1) is 117. The predicted octanol–water partition coefficient (Wildman–Crippen LogP) is 46.5. The highest BCUT2D eigenvalue weighted by Gasteiger charge is 2.31. The molecule has 10 aliphatic rings. The maximum Gasteiger partial charge on any atom is 0 e. The van der Waals surface area contributed by atoms with E-state index in [-0.39, 0.29) is 14.3 Å². The van der Waals surface area contributed by atoms with Gasteiger partial charge in [-0.15, -0.1) is 0 Å². The first-order valence-electron chi connectivity index (χ1n) is 58.4. The smallest absolute Gasteiger partial charge is 0 e. The van der Waals surface area contributed by atoms with Crippen molar-refractivity contribution in [2.45, 2.75) is 506 Å². The van der Waals surface area contributed by atoms with Crippen molar-refractivity contribution in [3.63, 3.8) is 0 Å². The van der Waals surface area contributed by atoms with E-state index in [0.717, 1.165) is 118 Å². The van der Waals surface area contributed by atoms with E-state index in [1.54, 1.807) is 55.6 Å². The van der Waals surface area contributed by atoms with E-state index < -0.39 is 0 Å². The van der Waals surface area contributed by atoms with Gasteiger partial charge in [-0.1, -0.05) is 327 Å². The second-order valence-corrected chi connectivity index (χ2v) is 42.3. The molecular weight excluding hydrogens is 1610 g/mol. The first-order valence-corrected chi connectivity index (χ1v) is 58.4. The van der Waals surface area contributed by atoms with Crippen molar-refractivity contribution >= 4 is 0 Å². The van der Waals surface area contributed by atoms with Crippen LogP contribution in [0.5, 0.6) is 0 Å². The maximum absolute atomic E-state index is 2.47. The fourth-order valence-corrected chi connectivity index (χ4v) is 25.2. The van der Waals surface area contributed by atoms with Crippen molar-refractivity contribution in [1.82, 2.24) is 0 Å². The average molecular weight is 1840 g/mol. The second-order valence-electron chi connectivity index (χ2n) is 42.3. The molecule has 0 aromatic heterocycles. The van der Waals surface area contributed by atoms with Gasteiger partial charge < -0.3 is 0 Å². The molecule has 134 heavy (non-hydrogen) atoms. The van der Waals surface area contributed by atoms with Crippen LogP contribution in [0.25, 0.3) is 0 Å². The third kappa shape index (κ3) is 42.2. The van der Waals surface area contributed by atoms with Crippen LogP contribution in [-0.2, 0) is 0 Å². The molecule has 0 heteroatoms. The van der Waals surface area contributed by atoms with Crippen molar-refractivity contribution in [1.29, 1.82) is 0 Å². The third-order valence-electron chi connectivity index (χ3n) is 33.7. The minimum atomic E-state index is 0. The standard InChI is InChI=1S/C28H42.C26H38.C24H36.C24H34.C22H32.5C2H6.10H2/c1-3-5-7-9-23-11-15-25(16-12-23)27-19-21-28(22-20-27)26-17-13-24(14-18-26)10-8-6-4-2;1-3-5-6-8-22-11-15-24(16-12-22)26-19-17-25(18-20-26)23-13-9-21(7-4-2)10-14-23;1-3-4-5-6-20-9-13-22(14-10-20)24-17-15-23(16-18-24)21-11-7-19(2)8-12-21;1-3-5-19-7-11-21(12-8-19)23-15-17-24(18-16-23)22-13-9-20(6-4-2)10-14-22;1-3-4-18-7-11-20(12-8-18)22-15-13-21(14-16-22)19-9-5-17(2)6-10-19;5*1-2;;;;;;;;;;/h3-6,19-26H,7-18H2,1-2H3;3-5,7,17-24H,6,8-16H2,1-2H3;3-4,15-22H,5-14H2,1-2H3;3-6,15-22H,7-14H2,1-2H3;3-4,13-20H,5-12H2,1-2H3;5*1-2H3;10*1H/b5-3+,6-4+;5-3+,7-4+;4-3+;5-3+,6-4+;4-3+;;;;;;;;;;;;;;;. The van der Waals surface area contributed by atoms with E-state index in [4.69, 9.17) is 0 Å². The largest absolute Gasteiger partial charge is 0.0917 e. The van der Waals surface area contributed by atoms with Gasteiger partial charge in [0.15, 0.2) is 0 Å². The fraction of sp³-hybridized carbons (Fsp3) is 0.657. The Labute approximate surface area is 848 Å². The van der Waals surface area contributed by atoms with Crippen LogP contribution in [-0.4, -0.2) is 0 Å². The van der Waals surface area contributed by atoms with Crippen LogP contribution in [0.2, 0.25) is 0 Å². The van der Waals surface area contributed by atoms with Gasteiger partial charge in [-0.2, -0.15) is 0 Å².